The van der Waals surface area contributed by atoms with Crippen molar-refractivity contribution in [3.05, 3.63) is 84.2 Å². The average Bonchev–Trinajstić information content (AvgIpc) is 3.14. The van der Waals surface area contributed by atoms with Gasteiger partial charge in [0.25, 0.3) is 0 Å². The Morgan fingerprint density at radius 2 is 1.83 bits per heavy atom. The van der Waals surface area contributed by atoms with Crippen molar-refractivity contribution in [2.45, 2.75) is 12.5 Å². The van der Waals surface area contributed by atoms with E-state index in [9.17, 15) is 4.79 Å². The number of aromatic nitrogens is 2. The van der Waals surface area contributed by atoms with Gasteiger partial charge in [-0.1, -0.05) is 42.5 Å². The van der Waals surface area contributed by atoms with Crippen LogP contribution in [0.2, 0.25) is 0 Å². The number of carbonyl (C=O) groups is 1. The largest absolute Gasteiger partial charge is 0.368 e. The number of amides is 1. The highest BCUT2D eigenvalue weighted by molar-refractivity contribution is 5.81. The molecule has 1 amide bonds. The maximum atomic E-state index is 11.7. The SMILES string of the molecule is NC(=O)[C@H](NCCc1ccc(-n2cccn2)cc1)c1ccccc1. The zero-order valence-electron chi connectivity index (χ0n) is 13.3. The first-order chi connectivity index (χ1) is 11.7. The van der Waals surface area contributed by atoms with Crippen molar-refractivity contribution in [1.82, 2.24) is 15.1 Å². The molecular weight excluding hydrogens is 300 g/mol. The second kappa shape index (κ2) is 7.57. The Morgan fingerprint density at radius 3 is 2.46 bits per heavy atom. The van der Waals surface area contributed by atoms with Crippen molar-refractivity contribution >= 4 is 5.91 Å². The molecule has 24 heavy (non-hydrogen) atoms. The second-order valence-corrected chi connectivity index (χ2v) is 5.57. The van der Waals surface area contributed by atoms with E-state index < -0.39 is 6.04 Å². The third-order valence-electron chi connectivity index (χ3n) is 3.88. The second-order valence-electron chi connectivity index (χ2n) is 5.57. The van der Waals surface area contributed by atoms with E-state index in [4.69, 9.17) is 5.73 Å². The number of nitrogens with one attached hydrogen (secondary N) is 1. The lowest BCUT2D eigenvalue weighted by molar-refractivity contribution is -0.120. The van der Waals surface area contributed by atoms with Gasteiger partial charge in [-0.05, 0) is 35.7 Å². The van der Waals surface area contributed by atoms with Gasteiger partial charge in [0.05, 0.1) is 5.69 Å². The molecule has 0 aliphatic rings. The first-order valence-corrected chi connectivity index (χ1v) is 7.90. The fourth-order valence-corrected chi connectivity index (χ4v) is 2.63. The number of primary amides is 1. The molecule has 0 fully saturated rings. The summed E-state index contributed by atoms with van der Waals surface area (Å²) in [5.74, 6) is -0.366. The van der Waals surface area contributed by atoms with Crippen LogP contribution in [-0.2, 0) is 11.2 Å². The summed E-state index contributed by atoms with van der Waals surface area (Å²) in [6, 6.07) is 19.2. The molecule has 0 saturated carbocycles. The highest BCUT2D eigenvalue weighted by Crippen LogP contribution is 2.13. The van der Waals surface area contributed by atoms with E-state index in [2.05, 4.69) is 22.5 Å². The Bertz CT molecular complexity index is 767. The normalized spacial score (nSPS) is 12.0. The summed E-state index contributed by atoms with van der Waals surface area (Å²) in [7, 11) is 0. The smallest absolute Gasteiger partial charge is 0.239 e. The fourth-order valence-electron chi connectivity index (χ4n) is 2.63. The van der Waals surface area contributed by atoms with Crippen molar-refractivity contribution in [2.75, 3.05) is 6.54 Å². The maximum absolute atomic E-state index is 11.7. The minimum Gasteiger partial charge on any atom is -0.368 e. The van der Waals surface area contributed by atoms with Crippen molar-refractivity contribution in [3.8, 4) is 5.69 Å². The van der Waals surface area contributed by atoms with Crippen molar-refractivity contribution in [1.29, 1.82) is 0 Å². The first kappa shape index (κ1) is 16.0. The number of rotatable bonds is 7. The van der Waals surface area contributed by atoms with Gasteiger partial charge in [-0.15, -0.1) is 0 Å². The molecule has 0 aliphatic heterocycles. The standard InChI is InChI=1S/C19H20N4O/c20-19(24)18(16-5-2-1-3-6-16)21-13-11-15-7-9-17(10-8-15)23-14-4-12-22-23/h1-10,12,14,18,21H,11,13H2,(H2,20,24)/t18-/m1/s1. The lowest BCUT2D eigenvalue weighted by atomic mass is 10.1. The van der Waals surface area contributed by atoms with Gasteiger partial charge in [0.1, 0.15) is 6.04 Å². The van der Waals surface area contributed by atoms with E-state index in [1.807, 2.05) is 59.4 Å². The average molecular weight is 320 g/mol. The van der Waals surface area contributed by atoms with E-state index in [0.29, 0.717) is 6.54 Å². The van der Waals surface area contributed by atoms with Crippen molar-refractivity contribution < 1.29 is 4.79 Å². The fraction of sp³-hybridized carbons (Fsp3) is 0.158. The molecule has 0 radical (unpaired) electrons. The summed E-state index contributed by atoms with van der Waals surface area (Å²) in [6.07, 6.45) is 4.48. The molecule has 3 rings (SSSR count). The Kier molecular flexibility index (Phi) is 5.03. The number of benzene rings is 2. The summed E-state index contributed by atoms with van der Waals surface area (Å²) >= 11 is 0. The number of carbonyl (C=O) groups excluding carboxylic acids is 1. The van der Waals surface area contributed by atoms with Crippen LogP contribution in [0, 0.1) is 0 Å². The van der Waals surface area contributed by atoms with Crippen LogP contribution in [0.25, 0.3) is 5.69 Å². The van der Waals surface area contributed by atoms with Crippen LogP contribution in [0.5, 0.6) is 0 Å². The third-order valence-corrected chi connectivity index (χ3v) is 3.88. The molecule has 5 heteroatoms. The van der Waals surface area contributed by atoms with Gasteiger partial charge < -0.3 is 11.1 Å². The summed E-state index contributed by atoms with van der Waals surface area (Å²) in [5, 5.41) is 7.44. The quantitative estimate of drug-likeness (QED) is 0.701. The summed E-state index contributed by atoms with van der Waals surface area (Å²) in [5.41, 5.74) is 8.61. The van der Waals surface area contributed by atoms with Gasteiger partial charge in [0.15, 0.2) is 0 Å². The Balaban J connectivity index is 1.58. The summed E-state index contributed by atoms with van der Waals surface area (Å²) in [6.45, 7) is 0.670. The zero-order valence-corrected chi connectivity index (χ0v) is 13.3. The Labute approximate surface area is 141 Å². The molecule has 0 aliphatic carbocycles. The molecule has 2 aromatic carbocycles. The Hall–Kier alpha value is -2.92. The van der Waals surface area contributed by atoms with E-state index in [1.165, 1.54) is 5.56 Å². The highest BCUT2D eigenvalue weighted by Gasteiger charge is 2.16. The molecule has 1 atom stereocenters. The van der Waals surface area contributed by atoms with Gasteiger partial charge in [-0.2, -0.15) is 5.10 Å². The predicted octanol–water partition coefficient (Wildman–Crippen LogP) is 2.23. The van der Waals surface area contributed by atoms with Crippen LogP contribution in [0.4, 0.5) is 0 Å². The molecule has 0 saturated heterocycles. The molecule has 1 aromatic heterocycles. The Morgan fingerprint density at radius 1 is 1.08 bits per heavy atom. The van der Waals surface area contributed by atoms with Crippen LogP contribution in [0.1, 0.15) is 17.2 Å². The predicted molar refractivity (Wildman–Crippen MR) is 93.6 cm³/mol. The molecule has 3 aromatic rings. The van der Waals surface area contributed by atoms with Crippen LogP contribution < -0.4 is 11.1 Å². The molecular formula is C19H20N4O. The van der Waals surface area contributed by atoms with E-state index in [0.717, 1.165) is 17.7 Å². The molecule has 5 nitrogen and oxygen atoms in total. The lowest BCUT2D eigenvalue weighted by Gasteiger charge is -2.15. The van der Waals surface area contributed by atoms with Crippen molar-refractivity contribution in [2.24, 2.45) is 5.73 Å². The van der Waals surface area contributed by atoms with Gasteiger partial charge in [-0.3, -0.25) is 4.79 Å². The van der Waals surface area contributed by atoms with Crippen LogP contribution >= 0.6 is 0 Å². The first-order valence-electron chi connectivity index (χ1n) is 7.90. The molecule has 0 bridgehead atoms. The van der Waals surface area contributed by atoms with Crippen LogP contribution in [-0.4, -0.2) is 22.2 Å². The zero-order chi connectivity index (χ0) is 16.8. The monoisotopic (exact) mass is 320 g/mol. The topological polar surface area (TPSA) is 72.9 Å². The minimum absolute atomic E-state index is 0.366. The number of hydrogen-bond donors (Lipinski definition) is 2. The third kappa shape index (κ3) is 3.88. The molecule has 0 spiro atoms. The van der Waals surface area contributed by atoms with Crippen LogP contribution in [0.15, 0.2) is 73.1 Å². The van der Waals surface area contributed by atoms with Gasteiger partial charge in [0.2, 0.25) is 5.91 Å². The van der Waals surface area contributed by atoms with Crippen LogP contribution in [0.3, 0.4) is 0 Å². The van der Waals surface area contributed by atoms with E-state index in [1.54, 1.807) is 6.20 Å². The minimum atomic E-state index is -0.463. The van der Waals surface area contributed by atoms with E-state index in [-0.39, 0.29) is 5.91 Å². The summed E-state index contributed by atoms with van der Waals surface area (Å²) < 4.78 is 1.82. The molecule has 3 N–H and O–H groups in total. The molecule has 1 heterocycles. The molecule has 0 unspecified atom stereocenters. The van der Waals surface area contributed by atoms with Gasteiger partial charge in [-0.25, -0.2) is 4.68 Å². The highest BCUT2D eigenvalue weighted by atomic mass is 16.1. The lowest BCUT2D eigenvalue weighted by Crippen LogP contribution is -2.34. The maximum Gasteiger partial charge on any atom is 0.239 e. The number of nitrogens with two attached hydrogens (primary N) is 1. The molecule has 122 valence electrons. The van der Waals surface area contributed by atoms with Crippen molar-refractivity contribution in [3.63, 3.8) is 0 Å². The number of nitrogens with zero attached hydrogens (tertiary/aromatic N) is 2. The van der Waals surface area contributed by atoms with Gasteiger partial charge in [0, 0.05) is 18.9 Å². The summed E-state index contributed by atoms with van der Waals surface area (Å²) in [4.78, 5) is 11.7. The van der Waals surface area contributed by atoms with E-state index >= 15 is 0 Å². The van der Waals surface area contributed by atoms with Gasteiger partial charge >= 0.3 is 0 Å². The number of hydrogen-bond acceptors (Lipinski definition) is 3.